The molecule has 5 heteroatoms. The van der Waals surface area contributed by atoms with E-state index in [1.807, 2.05) is 23.6 Å². The highest BCUT2D eigenvalue weighted by atomic mass is 32.2. The summed E-state index contributed by atoms with van der Waals surface area (Å²) in [5.74, 6) is 1.28. The summed E-state index contributed by atoms with van der Waals surface area (Å²) in [6.45, 7) is 4.73. The molecular weight excluding hydrogens is 260 g/mol. The van der Waals surface area contributed by atoms with Crippen LogP contribution in [0.5, 0.6) is 0 Å². The van der Waals surface area contributed by atoms with Gasteiger partial charge in [0.1, 0.15) is 6.04 Å². The Balaban J connectivity index is 2.02. The monoisotopic (exact) mass is 284 g/mol. The number of nitrogens with one attached hydrogen (secondary N) is 1. The maximum absolute atomic E-state index is 12.5. The van der Waals surface area contributed by atoms with E-state index in [4.69, 9.17) is 0 Å². The number of nitrogens with zero attached hydrogens (tertiary/aromatic N) is 1. The van der Waals surface area contributed by atoms with Gasteiger partial charge in [-0.1, -0.05) is 13.8 Å². The lowest BCUT2D eigenvalue weighted by Gasteiger charge is -2.29. The van der Waals surface area contributed by atoms with Crippen molar-refractivity contribution < 1.29 is 9.59 Å². The molecule has 0 aromatic carbocycles. The molecule has 2 amide bonds. The number of carbonyl (C=O) groups is 2. The third-order valence-electron chi connectivity index (χ3n) is 4.10. The highest BCUT2D eigenvalue weighted by molar-refractivity contribution is 7.99. The zero-order chi connectivity index (χ0) is 13.8. The molecule has 1 aliphatic carbocycles. The molecule has 0 aromatic rings. The second kappa shape index (κ2) is 6.64. The summed E-state index contributed by atoms with van der Waals surface area (Å²) in [4.78, 5) is 26.1. The predicted molar refractivity (Wildman–Crippen MR) is 78.1 cm³/mol. The van der Waals surface area contributed by atoms with E-state index in [0.717, 1.165) is 18.6 Å². The number of rotatable bonds is 4. The molecule has 1 N–H and O–H groups in total. The molecule has 19 heavy (non-hydrogen) atoms. The summed E-state index contributed by atoms with van der Waals surface area (Å²) in [6.07, 6.45) is 4.51. The Kier molecular flexibility index (Phi) is 5.13. The van der Waals surface area contributed by atoms with Gasteiger partial charge in [0.05, 0.1) is 0 Å². The van der Waals surface area contributed by atoms with Gasteiger partial charge >= 0.3 is 0 Å². The summed E-state index contributed by atoms with van der Waals surface area (Å²) >= 11 is 2.00. The standard InChI is InChI=1S/C14H24N2O2S/c1-3-12-14(18)16(8-7-13(17)15-12)10-5-6-11(9-10)19-4-2/h10-12H,3-9H2,1-2H3,(H,15,17). The highest BCUT2D eigenvalue weighted by Crippen LogP contribution is 2.33. The van der Waals surface area contributed by atoms with Crippen LogP contribution < -0.4 is 5.32 Å². The molecular formula is C14H24N2O2S. The van der Waals surface area contributed by atoms with E-state index < -0.39 is 0 Å². The largest absolute Gasteiger partial charge is 0.344 e. The first-order valence-electron chi connectivity index (χ1n) is 7.37. The maximum Gasteiger partial charge on any atom is 0.245 e. The minimum atomic E-state index is -0.312. The van der Waals surface area contributed by atoms with Gasteiger partial charge in [-0.15, -0.1) is 0 Å². The fourth-order valence-corrected chi connectivity index (χ4v) is 4.22. The molecule has 2 fully saturated rings. The number of carbonyl (C=O) groups excluding carboxylic acids is 2. The Morgan fingerprint density at radius 2 is 2.11 bits per heavy atom. The third kappa shape index (κ3) is 3.44. The predicted octanol–water partition coefficient (Wildman–Crippen LogP) is 1.79. The van der Waals surface area contributed by atoms with E-state index in [9.17, 15) is 9.59 Å². The molecule has 3 unspecified atom stereocenters. The van der Waals surface area contributed by atoms with Crippen molar-refractivity contribution in [2.24, 2.45) is 0 Å². The smallest absolute Gasteiger partial charge is 0.245 e. The molecule has 0 aromatic heterocycles. The van der Waals surface area contributed by atoms with Crippen molar-refractivity contribution in [1.29, 1.82) is 0 Å². The summed E-state index contributed by atoms with van der Waals surface area (Å²) in [5.41, 5.74) is 0. The van der Waals surface area contributed by atoms with Crippen LogP contribution in [0, 0.1) is 0 Å². The molecule has 2 rings (SSSR count). The van der Waals surface area contributed by atoms with E-state index in [2.05, 4.69) is 12.2 Å². The van der Waals surface area contributed by atoms with Gasteiger partial charge in [-0.3, -0.25) is 9.59 Å². The fourth-order valence-electron chi connectivity index (χ4n) is 3.09. The molecule has 1 heterocycles. The summed E-state index contributed by atoms with van der Waals surface area (Å²) in [5, 5.41) is 3.52. The van der Waals surface area contributed by atoms with Gasteiger partial charge in [0, 0.05) is 24.3 Å². The molecule has 0 radical (unpaired) electrons. The lowest BCUT2D eigenvalue weighted by atomic mass is 10.1. The second-order valence-corrected chi connectivity index (χ2v) is 6.93. The van der Waals surface area contributed by atoms with Crippen molar-refractivity contribution in [2.45, 2.75) is 63.3 Å². The summed E-state index contributed by atoms with van der Waals surface area (Å²) in [6, 6.07) is 0.0335. The average Bonchev–Trinajstić information content (AvgIpc) is 2.79. The van der Waals surface area contributed by atoms with Crippen molar-refractivity contribution in [3.05, 3.63) is 0 Å². The Morgan fingerprint density at radius 1 is 1.32 bits per heavy atom. The molecule has 1 saturated carbocycles. The van der Waals surface area contributed by atoms with Crippen molar-refractivity contribution in [1.82, 2.24) is 10.2 Å². The molecule has 3 atom stereocenters. The van der Waals surface area contributed by atoms with Crippen LogP contribution in [0.4, 0.5) is 0 Å². The van der Waals surface area contributed by atoms with Gasteiger partial charge in [-0.05, 0) is 31.4 Å². The van der Waals surface area contributed by atoms with Crippen LogP contribution in [0.15, 0.2) is 0 Å². The lowest BCUT2D eigenvalue weighted by Crippen LogP contribution is -2.47. The fraction of sp³-hybridized carbons (Fsp3) is 0.857. The van der Waals surface area contributed by atoms with Crippen molar-refractivity contribution in [3.63, 3.8) is 0 Å². The minimum absolute atomic E-state index is 0.0141. The Hall–Kier alpha value is -0.710. The number of amides is 2. The van der Waals surface area contributed by atoms with Crippen molar-refractivity contribution in [3.8, 4) is 0 Å². The molecule has 1 saturated heterocycles. The molecule has 0 bridgehead atoms. The van der Waals surface area contributed by atoms with Gasteiger partial charge < -0.3 is 10.2 Å². The SMILES string of the molecule is CCSC1CCC(N2CCC(=O)NC(CC)C2=O)C1. The number of hydrogen-bond donors (Lipinski definition) is 1. The number of thioether (sulfide) groups is 1. The van der Waals surface area contributed by atoms with Gasteiger partial charge in [0.2, 0.25) is 11.8 Å². The van der Waals surface area contributed by atoms with E-state index in [0.29, 0.717) is 30.7 Å². The molecule has 4 nitrogen and oxygen atoms in total. The Morgan fingerprint density at radius 3 is 2.79 bits per heavy atom. The topological polar surface area (TPSA) is 49.4 Å². The molecule has 0 spiro atoms. The van der Waals surface area contributed by atoms with Gasteiger partial charge in [0.15, 0.2) is 0 Å². The Labute approximate surface area is 119 Å². The maximum atomic E-state index is 12.5. The van der Waals surface area contributed by atoms with Crippen LogP contribution in [0.3, 0.4) is 0 Å². The van der Waals surface area contributed by atoms with Crippen LogP contribution in [0.2, 0.25) is 0 Å². The zero-order valence-corrected chi connectivity index (χ0v) is 12.7. The first-order chi connectivity index (χ1) is 9.15. The zero-order valence-electron chi connectivity index (χ0n) is 11.9. The van der Waals surface area contributed by atoms with Crippen molar-refractivity contribution >= 4 is 23.6 Å². The molecule has 2 aliphatic rings. The normalized spacial score (nSPS) is 32.3. The van der Waals surface area contributed by atoms with Crippen LogP contribution in [0.25, 0.3) is 0 Å². The van der Waals surface area contributed by atoms with Crippen LogP contribution in [-0.4, -0.2) is 46.3 Å². The van der Waals surface area contributed by atoms with Crippen LogP contribution >= 0.6 is 11.8 Å². The van der Waals surface area contributed by atoms with E-state index >= 15 is 0 Å². The first-order valence-corrected chi connectivity index (χ1v) is 8.42. The summed E-state index contributed by atoms with van der Waals surface area (Å²) < 4.78 is 0. The lowest BCUT2D eigenvalue weighted by molar-refractivity contribution is -0.135. The highest BCUT2D eigenvalue weighted by Gasteiger charge is 2.36. The molecule has 1 aliphatic heterocycles. The third-order valence-corrected chi connectivity index (χ3v) is 5.34. The van der Waals surface area contributed by atoms with Gasteiger partial charge in [0.25, 0.3) is 0 Å². The Bertz CT molecular complexity index is 348. The number of hydrogen-bond acceptors (Lipinski definition) is 3. The summed E-state index contributed by atoms with van der Waals surface area (Å²) in [7, 11) is 0. The quantitative estimate of drug-likeness (QED) is 0.856. The van der Waals surface area contributed by atoms with Crippen LogP contribution in [0.1, 0.15) is 46.0 Å². The van der Waals surface area contributed by atoms with Crippen molar-refractivity contribution in [2.75, 3.05) is 12.3 Å². The first kappa shape index (κ1) is 14.7. The van der Waals surface area contributed by atoms with Crippen LogP contribution in [-0.2, 0) is 9.59 Å². The minimum Gasteiger partial charge on any atom is -0.344 e. The van der Waals surface area contributed by atoms with E-state index in [1.165, 1.54) is 6.42 Å². The van der Waals surface area contributed by atoms with E-state index in [-0.39, 0.29) is 17.9 Å². The second-order valence-electron chi connectivity index (χ2n) is 5.35. The average molecular weight is 284 g/mol. The van der Waals surface area contributed by atoms with Gasteiger partial charge in [-0.2, -0.15) is 11.8 Å². The van der Waals surface area contributed by atoms with E-state index in [1.54, 1.807) is 0 Å². The molecule has 108 valence electrons. The van der Waals surface area contributed by atoms with Gasteiger partial charge in [-0.25, -0.2) is 0 Å².